The average molecular weight is 288 g/mol. The molecule has 5 nitrogen and oxygen atoms in total. The molecule has 2 rings (SSSR count). The number of halogens is 6. The third-order valence-electron chi connectivity index (χ3n) is 2.54. The highest BCUT2D eigenvalue weighted by Crippen LogP contribution is 2.30. The maximum absolute atomic E-state index is 12.5. The van der Waals surface area contributed by atoms with Crippen molar-refractivity contribution >= 4 is 5.91 Å². The second-order valence-corrected chi connectivity index (χ2v) is 3.81. The van der Waals surface area contributed by atoms with Crippen LogP contribution in [0.1, 0.15) is 11.6 Å². The zero-order valence-electron chi connectivity index (χ0n) is 9.09. The number of alkyl halides is 6. The van der Waals surface area contributed by atoms with Gasteiger partial charge < -0.3 is 9.47 Å². The molecule has 0 saturated carbocycles. The smallest absolute Gasteiger partial charge is 0.326 e. The Morgan fingerprint density at radius 2 is 1.68 bits per heavy atom. The molecule has 0 atom stereocenters. The third-order valence-corrected chi connectivity index (χ3v) is 2.54. The number of carbonyl (C=O) groups is 1. The van der Waals surface area contributed by atoms with E-state index < -0.39 is 43.7 Å². The van der Waals surface area contributed by atoms with Crippen molar-refractivity contribution in [1.82, 2.24) is 19.7 Å². The van der Waals surface area contributed by atoms with Gasteiger partial charge in [-0.3, -0.25) is 4.79 Å². The van der Waals surface area contributed by atoms with E-state index >= 15 is 0 Å². The first-order chi connectivity index (χ1) is 8.60. The topological polar surface area (TPSA) is 51.0 Å². The summed E-state index contributed by atoms with van der Waals surface area (Å²) in [5.41, 5.74) is 0. The summed E-state index contributed by atoms with van der Waals surface area (Å²) < 4.78 is 74.6. The molecule has 1 aliphatic heterocycles. The van der Waals surface area contributed by atoms with Gasteiger partial charge in [-0.25, -0.2) is 0 Å². The lowest BCUT2D eigenvalue weighted by atomic mass is 10.3. The molecule has 0 bridgehead atoms. The lowest BCUT2D eigenvalue weighted by molar-refractivity contribution is -0.187. The lowest BCUT2D eigenvalue weighted by Crippen LogP contribution is -2.45. The Labute approximate surface area is 101 Å². The van der Waals surface area contributed by atoms with Crippen LogP contribution < -0.4 is 0 Å². The van der Waals surface area contributed by atoms with Gasteiger partial charge in [0.25, 0.3) is 0 Å². The van der Waals surface area contributed by atoms with E-state index in [0.717, 1.165) is 0 Å². The largest absolute Gasteiger partial charge is 0.471 e. The molecular formula is C8H6F6N4O. The molecule has 0 N–H and O–H groups in total. The van der Waals surface area contributed by atoms with Crippen molar-refractivity contribution in [1.29, 1.82) is 0 Å². The Bertz CT molecular complexity index is 504. The Kier molecular flexibility index (Phi) is 2.94. The summed E-state index contributed by atoms with van der Waals surface area (Å²) in [4.78, 5) is 11.3. The van der Waals surface area contributed by atoms with Crippen LogP contribution in [-0.4, -0.2) is 38.3 Å². The minimum atomic E-state index is -5.06. The van der Waals surface area contributed by atoms with E-state index in [2.05, 4.69) is 10.2 Å². The van der Waals surface area contributed by atoms with Crippen LogP contribution in [0.25, 0.3) is 0 Å². The molecule has 1 aromatic rings. The third kappa shape index (κ3) is 2.49. The minimum absolute atomic E-state index is 0.323. The van der Waals surface area contributed by atoms with Crippen LogP contribution in [0, 0.1) is 0 Å². The highest BCUT2D eigenvalue weighted by atomic mass is 19.4. The van der Waals surface area contributed by atoms with Crippen LogP contribution in [0.2, 0.25) is 0 Å². The molecule has 0 unspecified atom stereocenters. The predicted octanol–water partition coefficient (Wildman–Crippen LogP) is 1.20. The highest BCUT2D eigenvalue weighted by Gasteiger charge is 2.45. The molecule has 0 radical (unpaired) electrons. The first kappa shape index (κ1) is 13.6. The zero-order chi connectivity index (χ0) is 14.4. The summed E-state index contributed by atoms with van der Waals surface area (Å²) in [6.07, 6.45) is -9.80. The fourth-order valence-electron chi connectivity index (χ4n) is 1.72. The van der Waals surface area contributed by atoms with Crippen molar-refractivity contribution in [3.8, 4) is 0 Å². The maximum atomic E-state index is 12.5. The fourth-order valence-corrected chi connectivity index (χ4v) is 1.72. The summed E-state index contributed by atoms with van der Waals surface area (Å²) in [6, 6.07) is 0. The van der Waals surface area contributed by atoms with Crippen molar-refractivity contribution in [3.05, 3.63) is 11.6 Å². The lowest BCUT2D eigenvalue weighted by Gasteiger charge is -2.28. The Morgan fingerprint density at radius 3 is 2.21 bits per heavy atom. The SMILES string of the molecule is O=C(N1CCn2c(nnc2C(F)(F)F)C1)C(F)(F)F. The van der Waals surface area contributed by atoms with Crippen LogP contribution in [-0.2, 0) is 24.1 Å². The van der Waals surface area contributed by atoms with E-state index in [0.29, 0.717) is 9.47 Å². The normalized spacial score (nSPS) is 16.4. The molecule has 0 saturated heterocycles. The number of nitrogens with zero attached hydrogens (tertiary/aromatic N) is 4. The molecule has 0 aliphatic carbocycles. The van der Waals surface area contributed by atoms with Gasteiger partial charge in [0, 0.05) is 13.1 Å². The molecular weight excluding hydrogens is 282 g/mol. The van der Waals surface area contributed by atoms with Crippen LogP contribution in [0.3, 0.4) is 0 Å². The van der Waals surface area contributed by atoms with Gasteiger partial charge in [0.15, 0.2) is 5.82 Å². The number of carbonyl (C=O) groups excluding carboxylic acids is 1. The summed E-state index contributed by atoms with van der Waals surface area (Å²) in [5.74, 6) is -3.70. The standard InChI is InChI=1S/C8H6F6N4O/c9-7(10,11)5-16-15-4-3-17(1-2-18(4)5)6(19)8(12,13)14/h1-3H2. The van der Waals surface area contributed by atoms with Gasteiger partial charge in [-0.1, -0.05) is 0 Å². The van der Waals surface area contributed by atoms with E-state index in [1.165, 1.54) is 0 Å². The van der Waals surface area contributed by atoms with E-state index in [4.69, 9.17) is 0 Å². The molecule has 1 amide bonds. The number of hydrogen-bond donors (Lipinski definition) is 0. The summed E-state index contributed by atoms with van der Waals surface area (Å²) in [5, 5.41) is 6.06. The van der Waals surface area contributed by atoms with Gasteiger partial charge in [0.1, 0.15) is 0 Å². The first-order valence-electron chi connectivity index (χ1n) is 4.96. The quantitative estimate of drug-likeness (QED) is 0.674. The van der Waals surface area contributed by atoms with E-state index in [-0.39, 0.29) is 5.82 Å². The van der Waals surface area contributed by atoms with Crippen LogP contribution in [0.5, 0.6) is 0 Å². The summed E-state index contributed by atoms with van der Waals surface area (Å²) >= 11 is 0. The van der Waals surface area contributed by atoms with Crippen molar-refractivity contribution in [3.63, 3.8) is 0 Å². The monoisotopic (exact) mass is 288 g/mol. The minimum Gasteiger partial charge on any atom is -0.326 e. The van der Waals surface area contributed by atoms with Gasteiger partial charge in [-0.15, -0.1) is 10.2 Å². The number of hydrogen-bond acceptors (Lipinski definition) is 3. The van der Waals surface area contributed by atoms with Crippen molar-refractivity contribution < 1.29 is 31.1 Å². The van der Waals surface area contributed by atoms with Gasteiger partial charge in [-0.2, -0.15) is 26.3 Å². The molecule has 11 heteroatoms. The van der Waals surface area contributed by atoms with Crippen LogP contribution in [0.15, 0.2) is 0 Å². The summed E-state index contributed by atoms with van der Waals surface area (Å²) in [7, 11) is 0. The zero-order valence-corrected chi connectivity index (χ0v) is 9.09. The van der Waals surface area contributed by atoms with E-state index in [1.54, 1.807) is 0 Å². The number of aromatic nitrogens is 3. The van der Waals surface area contributed by atoms with Gasteiger partial charge in [0.2, 0.25) is 5.82 Å². The van der Waals surface area contributed by atoms with E-state index in [1.807, 2.05) is 0 Å². The molecule has 0 spiro atoms. The fraction of sp³-hybridized carbons (Fsp3) is 0.625. The van der Waals surface area contributed by atoms with Crippen molar-refractivity contribution in [2.45, 2.75) is 25.4 Å². The molecule has 2 heterocycles. The molecule has 0 aromatic carbocycles. The predicted molar refractivity (Wildman–Crippen MR) is 46.5 cm³/mol. The van der Waals surface area contributed by atoms with Gasteiger partial charge >= 0.3 is 18.3 Å². The average Bonchev–Trinajstić information content (AvgIpc) is 2.68. The number of rotatable bonds is 0. The molecule has 106 valence electrons. The second-order valence-electron chi connectivity index (χ2n) is 3.81. The van der Waals surface area contributed by atoms with Gasteiger partial charge in [-0.05, 0) is 0 Å². The number of fused-ring (bicyclic) bond motifs is 1. The van der Waals surface area contributed by atoms with Crippen molar-refractivity contribution in [2.75, 3.05) is 6.54 Å². The second kappa shape index (κ2) is 4.10. The number of amides is 1. The molecule has 19 heavy (non-hydrogen) atoms. The van der Waals surface area contributed by atoms with Crippen molar-refractivity contribution in [2.24, 2.45) is 0 Å². The Balaban J connectivity index is 2.23. The van der Waals surface area contributed by atoms with Crippen LogP contribution in [0.4, 0.5) is 26.3 Å². The molecule has 1 aromatic heterocycles. The van der Waals surface area contributed by atoms with Crippen LogP contribution >= 0.6 is 0 Å². The summed E-state index contributed by atoms with van der Waals surface area (Å²) in [6.45, 7) is -1.56. The Morgan fingerprint density at radius 1 is 1.05 bits per heavy atom. The van der Waals surface area contributed by atoms with Gasteiger partial charge in [0.05, 0.1) is 6.54 Å². The molecule has 1 aliphatic rings. The molecule has 0 fully saturated rings. The Hall–Kier alpha value is -1.81. The maximum Gasteiger partial charge on any atom is 0.471 e. The van der Waals surface area contributed by atoms with E-state index in [9.17, 15) is 31.1 Å². The highest BCUT2D eigenvalue weighted by molar-refractivity contribution is 5.81. The first-order valence-corrected chi connectivity index (χ1v) is 4.96.